The van der Waals surface area contributed by atoms with Crippen LogP contribution in [0, 0.1) is 0 Å². The summed E-state index contributed by atoms with van der Waals surface area (Å²) in [5.74, 6) is -1.78. The molecule has 34 heavy (non-hydrogen) atoms. The molecule has 2 unspecified atom stereocenters. The van der Waals surface area contributed by atoms with Gasteiger partial charge in [0, 0.05) is 25.5 Å². The molecule has 2 aromatic rings. The van der Waals surface area contributed by atoms with Crippen LogP contribution in [-0.2, 0) is 19.1 Å². The third-order valence-electron chi connectivity index (χ3n) is 6.25. The zero-order valence-corrected chi connectivity index (χ0v) is 18.6. The summed E-state index contributed by atoms with van der Waals surface area (Å²) in [6.07, 6.45) is -0.867. The highest BCUT2D eigenvalue weighted by molar-refractivity contribution is 5.86. The monoisotopic (exact) mass is 468 g/mol. The molecule has 1 heterocycles. The molecule has 0 aromatic heterocycles. The number of fused-ring (bicyclic) bond motifs is 3. The summed E-state index contributed by atoms with van der Waals surface area (Å²) in [6, 6.07) is 15.0. The Hall–Kier alpha value is -3.43. The Labute approximate surface area is 197 Å². The van der Waals surface area contributed by atoms with Crippen molar-refractivity contribution >= 4 is 18.0 Å². The normalized spacial score (nSPS) is 19.7. The number of rotatable bonds is 9. The van der Waals surface area contributed by atoms with E-state index in [-0.39, 0.29) is 38.2 Å². The molecule has 2 amide bonds. The van der Waals surface area contributed by atoms with Crippen LogP contribution in [0.2, 0.25) is 0 Å². The lowest BCUT2D eigenvalue weighted by atomic mass is 9.98. The summed E-state index contributed by atoms with van der Waals surface area (Å²) in [6.45, 7) is 0.0345. The van der Waals surface area contributed by atoms with E-state index >= 15 is 0 Å². The number of carboxylic acid groups (broad SMARTS) is 1. The Kier molecular flexibility index (Phi) is 7.44. The van der Waals surface area contributed by atoms with Gasteiger partial charge in [0.05, 0.1) is 6.10 Å². The van der Waals surface area contributed by atoms with Crippen molar-refractivity contribution in [3.8, 4) is 11.1 Å². The van der Waals surface area contributed by atoms with E-state index in [0.717, 1.165) is 22.3 Å². The van der Waals surface area contributed by atoms with Crippen LogP contribution in [0.25, 0.3) is 11.1 Å². The minimum atomic E-state index is -1.21. The van der Waals surface area contributed by atoms with E-state index in [0.29, 0.717) is 12.8 Å². The molecule has 2 aliphatic rings. The van der Waals surface area contributed by atoms with E-state index in [1.165, 1.54) is 0 Å². The third-order valence-corrected chi connectivity index (χ3v) is 6.25. The van der Waals surface area contributed by atoms with Gasteiger partial charge in [0.15, 0.2) is 0 Å². The van der Waals surface area contributed by atoms with Crippen LogP contribution < -0.4 is 10.6 Å². The molecule has 0 bridgehead atoms. The van der Waals surface area contributed by atoms with E-state index in [1.54, 1.807) is 0 Å². The maximum Gasteiger partial charge on any atom is 0.407 e. The Morgan fingerprint density at radius 2 is 1.68 bits per heavy atom. The molecule has 4 rings (SSSR count). The number of hydrogen-bond acceptors (Lipinski definition) is 6. The van der Waals surface area contributed by atoms with Gasteiger partial charge in [0.2, 0.25) is 5.91 Å². The van der Waals surface area contributed by atoms with Gasteiger partial charge in [-0.2, -0.15) is 0 Å². The molecule has 4 N–H and O–H groups in total. The number of amides is 2. The van der Waals surface area contributed by atoms with E-state index in [2.05, 4.69) is 22.8 Å². The minimum absolute atomic E-state index is 0.0324. The zero-order valence-electron chi connectivity index (χ0n) is 18.6. The molecule has 1 fully saturated rings. The van der Waals surface area contributed by atoms with Crippen molar-refractivity contribution in [2.75, 3.05) is 19.8 Å². The summed E-state index contributed by atoms with van der Waals surface area (Å²) < 4.78 is 11.2. The lowest BCUT2D eigenvalue weighted by Gasteiger charge is -2.18. The topological polar surface area (TPSA) is 134 Å². The number of ether oxygens (including phenoxy) is 2. The SMILES string of the molecule is O=C(NCC1CCC(C(=O)N[C@H](CCO)C(=O)O)O1)OCC1c2ccccc2-c2ccccc21. The minimum Gasteiger partial charge on any atom is -0.480 e. The second-order valence-electron chi connectivity index (χ2n) is 8.44. The first kappa shape index (κ1) is 23.7. The number of aliphatic hydroxyl groups is 1. The number of nitrogens with one attached hydrogen (secondary N) is 2. The summed E-state index contributed by atoms with van der Waals surface area (Å²) in [5.41, 5.74) is 4.57. The van der Waals surface area contributed by atoms with Crippen LogP contribution in [0.15, 0.2) is 48.5 Å². The maximum atomic E-state index is 12.3. The fourth-order valence-corrected chi connectivity index (χ4v) is 4.55. The lowest BCUT2D eigenvalue weighted by molar-refractivity contribution is -0.144. The van der Waals surface area contributed by atoms with Crippen molar-refractivity contribution in [2.24, 2.45) is 0 Å². The number of hydrogen-bond donors (Lipinski definition) is 4. The van der Waals surface area contributed by atoms with Gasteiger partial charge in [0.25, 0.3) is 0 Å². The molecule has 1 aliphatic heterocycles. The Morgan fingerprint density at radius 1 is 1.03 bits per heavy atom. The van der Waals surface area contributed by atoms with Crippen molar-refractivity contribution in [2.45, 2.75) is 43.4 Å². The van der Waals surface area contributed by atoms with Crippen molar-refractivity contribution in [3.05, 3.63) is 59.7 Å². The van der Waals surface area contributed by atoms with Gasteiger partial charge < -0.3 is 30.3 Å². The molecule has 1 aliphatic carbocycles. The fraction of sp³-hybridized carbons (Fsp3) is 0.400. The molecule has 180 valence electrons. The van der Waals surface area contributed by atoms with Crippen LogP contribution in [0.1, 0.15) is 36.3 Å². The van der Waals surface area contributed by atoms with Crippen molar-refractivity contribution in [3.63, 3.8) is 0 Å². The summed E-state index contributed by atoms with van der Waals surface area (Å²) in [4.78, 5) is 35.8. The van der Waals surface area contributed by atoms with Gasteiger partial charge in [-0.1, -0.05) is 48.5 Å². The van der Waals surface area contributed by atoms with Gasteiger partial charge in [-0.3, -0.25) is 4.79 Å². The van der Waals surface area contributed by atoms with Crippen molar-refractivity contribution in [1.29, 1.82) is 0 Å². The average Bonchev–Trinajstić information content (AvgIpc) is 3.44. The molecule has 1 saturated heterocycles. The van der Waals surface area contributed by atoms with Gasteiger partial charge >= 0.3 is 12.1 Å². The van der Waals surface area contributed by atoms with E-state index in [9.17, 15) is 14.4 Å². The predicted molar refractivity (Wildman–Crippen MR) is 122 cm³/mol. The first-order valence-electron chi connectivity index (χ1n) is 11.4. The summed E-state index contributed by atoms with van der Waals surface area (Å²) >= 11 is 0. The molecule has 9 nitrogen and oxygen atoms in total. The van der Waals surface area contributed by atoms with Crippen LogP contribution in [0.4, 0.5) is 4.79 Å². The van der Waals surface area contributed by atoms with E-state index in [4.69, 9.17) is 19.7 Å². The predicted octanol–water partition coefficient (Wildman–Crippen LogP) is 2.02. The van der Waals surface area contributed by atoms with Crippen LogP contribution in [0.5, 0.6) is 0 Å². The van der Waals surface area contributed by atoms with Crippen molar-refractivity contribution in [1.82, 2.24) is 10.6 Å². The van der Waals surface area contributed by atoms with Crippen LogP contribution in [0.3, 0.4) is 0 Å². The molecule has 0 spiro atoms. The fourth-order valence-electron chi connectivity index (χ4n) is 4.55. The third kappa shape index (κ3) is 5.21. The molecule has 9 heteroatoms. The summed E-state index contributed by atoms with van der Waals surface area (Å²) in [5, 5.41) is 23.1. The van der Waals surface area contributed by atoms with Gasteiger partial charge in [-0.05, 0) is 35.1 Å². The number of alkyl carbamates (subject to hydrolysis) is 1. The molecular weight excluding hydrogens is 440 g/mol. The second kappa shape index (κ2) is 10.7. The van der Waals surface area contributed by atoms with E-state index in [1.807, 2.05) is 36.4 Å². The largest absolute Gasteiger partial charge is 0.480 e. The number of benzene rings is 2. The van der Waals surface area contributed by atoms with E-state index < -0.39 is 30.1 Å². The molecule has 0 radical (unpaired) electrons. The molecule has 2 aromatic carbocycles. The smallest absolute Gasteiger partial charge is 0.407 e. The Balaban J connectivity index is 1.24. The second-order valence-corrected chi connectivity index (χ2v) is 8.44. The van der Waals surface area contributed by atoms with Gasteiger partial charge in [0.1, 0.15) is 18.8 Å². The van der Waals surface area contributed by atoms with Gasteiger partial charge in [-0.25, -0.2) is 9.59 Å². The highest BCUT2D eigenvalue weighted by atomic mass is 16.5. The molecule has 3 atom stereocenters. The number of carbonyl (C=O) groups is 3. The molecule has 0 saturated carbocycles. The average molecular weight is 469 g/mol. The van der Waals surface area contributed by atoms with Crippen molar-refractivity contribution < 1.29 is 34.1 Å². The first-order chi connectivity index (χ1) is 16.5. The number of carboxylic acids is 1. The number of carbonyl (C=O) groups excluding carboxylic acids is 2. The highest BCUT2D eigenvalue weighted by Gasteiger charge is 2.33. The number of aliphatic hydroxyl groups excluding tert-OH is 1. The van der Waals surface area contributed by atoms with Crippen LogP contribution in [-0.4, -0.2) is 66.2 Å². The Bertz CT molecular complexity index is 1010. The lowest BCUT2D eigenvalue weighted by Crippen LogP contribution is -2.46. The number of aliphatic carboxylic acids is 1. The highest BCUT2D eigenvalue weighted by Crippen LogP contribution is 2.44. The summed E-state index contributed by atoms with van der Waals surface area (Å²) in [7, 11) is 0. The Morgan fingerprint density at radius 3 is 2.29 bits per heavy atom. The first-order valence-corrected chi connectivity index (χ1v) is 11.4. The van der Waals surface area contributed by atoms with Gasteiger partial charge in [-0.15, -0.1) is 0 Å². The maximum absolute atomic E-state index is 12.3. The quantitative estimate of drug-likeness (QED) is 0.442. The van der Waals surface area contributed by atoms with Crippen LogP contribution >= 0.6 is 0 Å². The molecular formula is C25H28N2O7. The zero-order chi connectivity index (χ0) is 24.1. The standard InChI is InChI=1S/C25H28N2O7/c28-12-11-21(24(30)31)27-23(29)22-10-9-15(34-22)13-26-25(32)33-14-20-18-7-3-1-5-16(18)17-6-2-4-8-19(17)20/h1-8,15,20-22,28H,9-14H2,(H,26,32)(H,27,29)(H,30,31)/t15?,21-,22?/m1/s1.